The monoisotopic (exact) mass is 229 g/mol. The number of hydrogen-bond donors (Lipinski definition) is 0. The van der Waals surface area contributed by atoms with Crippen LogP contribution >= 0.6 is 0 Å². The lowest BCUT2D eigenvalue weighted by atomic mass is 9.87. The van der Waals surface area contributed by atoms with Gasteiger partial charge in [-0.25, -0.2) is 9.79 Å². The standard InChI is InChI=1S/C14H15NO2/c1-9-13(16)17-12(15-9)10-5-7-11(8-6-10)14(2,3)4/h5-8H,1H2,2-4H3. The molecule has 0 fully saturated rings. The maximum atomic E-state index is 11.1. The SMILES string of the molecule is C=C1N=C(c2ccc(C(C)(C)C)cc2)OC1=O. The molecule has 0 spiro atoms. The average Bonchev–Trinajstić information content (AvgIpc) is 2.58. The first-order valence-corrected chi connectivity index (χ1v) is 5.48. The van der Waals surface area contributed by atoms with Crippen LogP contribution in [0, 0.1) is 0 Å². The Balaban J connectivity index is 2.29. The number of nitrogens with zero attached hydrogens (tertiary/aromatic N) is 1. The van der Waals surface area contributed by atoms with E-state index in [2.05, 4.69) is 32.3 Å². The van der Waals surface area contributed by atoms with Crippen LogP contribution in [0.5, 0.6) is 0 Å². The Labute approximate surface area is 101 Å². The van der Waals surface area contributed by atoms with Crippen LogP contribution in [0.3, 0.4) is 0 Å². The van der Waals surface area contributed by atoms with Crippen molar-refractivity contribution in [2.24, 2.45) is 4.99 Å². The highest BCUT2D eigenvalue weighted by molar-refractivity contribution is 6.10. The minimum atomic E-state index is -0.472. The summed E-state index contributed by atoms with van der Waals surface area (Å²) in [6.45, 7) is 9.96. The van der Waals surface area contributed by atoms with E-state index in [0.717, 1.165) is 5.56 Å². The molecule has 0 bridgehead atoms. The van der Waals surface area contributed by atoms with Gasteiger partial charge in [-0.05, 0) is 23.1 Å². The first-order valence-electron chi connectivity index (χ1n) is 5.48. The van der Waals surface area contributed by atoms with Crippen LogP contribution in [0.1, 0.15) is 31.9 Å². The molecule has 0 atom stereocenters. The van der Waals surface area contributed by atoms with Crippen molar-refractivity contribution in [2.75, 3.05) is 0 Å². The number of hydrogen-bond acceptors (Lipinski definition) is 3. The van der Waals surface area contributed by atoms with Gasteiger partial charge in [-0.1, -0.05) is 39.5 Å². The molecule has 2 rings (SSSR count). The molecular formula is C14H15NO2. The van der Waals surface area contributed by atoms with E-state index in [9.17, 15) is 4.79 Å². The number of carbonyl (C=O) groups excluding carboxylic acids is 1. The van der Waals surface area contributed by atoms with Crippen LogP contribution in [0.15, 0.2) is 41.5 Å². The summed E-state index contributed by atoms with van der Waals surface area (Å²) in [7, 11) is 0. The topological polar surface area (TPSA) is 38.7 Å². The molecule has 0 N–H and O–H groups in total. The number of rotatable bonds is 1. The molecule has 17 heavy (non-hydrogen) atoms. The van der Waals surface area contributed by atoms with Crippen molar-refractivity contribution in [1.82, 2.24) is 0 Å². The Bertz CT molecular complexity index is 504. The number of cyclic esters (lactones) is 1. The molecule has 3 nitrogen and oxygen atoms in total. The zero-order valence-electron chi connectivity index (χ0n) is 10.3. The fourth-order valence-electron chi connectivity index (χ4n) is 1.57. The van der Waals surface area contributed by atoms with E-state index in [0.29, 0.717) is 5.90 Å². The molecule has 1 aromatic rings. The van der Waals surface area contributed by atoms with E-state index in [1.165, 1.54) is 5.56 Å². The molecule has 0 radical (unpaired) electrons. The van der Waals surface area contributed by atoms with Gasteiger partial charge in [0, 0.05) is 5.56 Å². The summed E-state index contributed by atoms with van der Waals surface area (Å²) in [6, 6.07) is 7.86. The normalized spacial score (nSPS) is 15.8. The minimum absolute atomic E-state index is 0.107. The highest BCUT2D eigenvalue weighted by atomic mass is 16.6. The van der Waals surface area contributed by atoms with Crippen molar-refractivity contribution in [2.45, 2.75) is 26.2 Å². The highest BCUT2D eigenvalue weighted by Gasteiger charge is 2.22. The summed E-state index contributed by atoms with van der Waals surface area (Å²) in [5.41, 5.74) is 2.28. The molecule has 1 aliphatic rings. The summed E-state index contributed by atoms with van der Waals surface area (Å²) in [4.78, 5) is 15.1. The van der Waals surface area contributed by atoms with Gasteiger partial charge in [-0.2, -0.15) is 0 Å². The molecule has 0 saturated carbocycles. The van der Waals surface area contributed by atoms with Crippen molar-refractivity contribution in [3.8, 4) is 0 Å². The van der Waals surface area contributed by atoms with Crippen molar-refractivity contribution >= 4 is 11.9 Å². The first kappa shape index (κ1) is 11.6. The van der Waals surface area contributed by atoms with Gasteiger partial charge < -0.3 is 4.74 Å². The molecular weight excluding hydrogens is 214 g/mol. The maximum absolute atomic E-state index is 11.1. The number of ether oxygens (including phenoxy) is 1. The fourth-order valence-corrected chi connectivity index (χ4v) is 1.57. The van der Waals surface area contributed by atoms with Gasteiger partial charge in [0.1, 0.15) is 5.70 Å². The Hall–Kier alpha value is -1.90. The molecule has 0 amide bonds. The molecule has 1 aliphatic heterocycles. The molecule has 3 heteroatoms. The van der Waals surface area contributed by atoms with Gasteiger partial charge in [0.15, 0.2) is 0 Å². The number of benzene rings is 1. The predicted molar refractivity (Wildman–Crippen MR) is 66.9 cm³/mol. The van der Waals surface area contributed by atoms with Crippen molar-refractivity contribution in [3.05, 3.63) is 47.7 Å². The lowest BCUT2D eigenvalue weighted by Gasteiger charge is -2.18. The summed E-state index contributed by atoms with van der Waals surface area (Å²) >= 11 is 0. The maximum Gasteiger partial charge on any atom is 0.363 e. The van der Waals surface area contributed by atoms with E-state index in [4.69, 9.17) is 4.74 Å². The smallest absolute Gasteiger partial charge is 0.363 e. The minimum Gasteiger partial charge on any atom is -0.402 e. The number of aliphatic imine (C=N–C) groups is 1. The van der Waals surface area contributed by atoms with Gasteiger partial charge in [0.2, 0.25) is 5.90 Å². The van der Waals surface area contributed by atoms with E-state index in [-0.39, 0.29) is 11.1 Å². The van der Waals surface area contributed by atoms with E-state index < -0.39 is 5.97 Å². The highest BCUT2D eigenvalue weighted by Crippen LogP contribution is 2.23. The quantitative estimate of drug-likeness (QED) is 0.548. The second-order valence-corrected chi connectivity index (χ2v) is 5.08. The van der Waals surface area contributed by atoms with Gasteiger partial charge in [0.05, 0.1) is 0 Å². The third-order valence-corrected chi connectivity index (χ3v) is 2.66. The average molecular weight is 229 g/mol. The van der Waals surface area contributed by atoms with Crippen molar-refractivity contribution in [3.63, 3.8) is 0 Å². The largest absolute Gasteiger partial charge is 0.402 e. The first-order chi connectivity index (χ1) is 7.88. The fraction of sp³-hybridized carbons (Fsp3) is 0.286. The van der Waals surface area contributed by atoms with Crippen LogP contribution in [-0.4, -0.2) is 11.9 Å². The molecule has 0 aromatic heterocycles. The Morgan fingerprint density at radius 3 is 2.18 bits per heavy atom. The van der Waals surface area contributed by atoms with E-state index in [1.54, 1.807) is 0 Å². The lowest BCUT2D eigenvalue weighted by molar-refractivity contribution is -0.129. The molecule has 1 heterocycles. The summed E-state index contributed by atoms with van der Waals surface area (Å²) in [5.74, 6) is -0.139. The van der Waals surface area contributed by atoms with Gasteiger partial charge >= 0.3 is 5.97 Å². The Kier molecular flexibility index (Phi) is 2.62. The predicted octanol–water partition coefficient (Wildman–Crippen LogP) is 2.80. The number of esters is 1. The van der Waals surface area contributed by atoms with Gasteiger partial charge in [0.25, 0.3) is 0 Å². The Morgan fingerprint density at radius 2 is 1.76 bits per heavy atom. The van der Waals surface area contributed by atoms with Crippen molar-refractivity contribution < 1.29 is 9.53 Å². The van der Waals surface area contributed by atoms with E-state index in [1.807, 2.05) is 24.3 Å². The third-order valence-electron chi connectivity index (χ3n) is 2.66. The van der Waals surface area contributed by atoms with Crippen LogP contribution in [0.25, 0.3) is 0 Å². The second kappa shape index (κ2) is 3.84. The van der Waals surface area contributed by atoms with Gasteiger partial charge in [-0.3, -0.25) is 0 Å². The van der Waals surface area contributed by atoms with Crippen LogP contribution < -0.4 is 0 Å². The summed E-state index contributed by atoms with van der Waals surface area (Å²) in [5, 5.41) is 0. The van der Waals surface area contributed by atoms with Crippen molar-refractivity contribution in [1.29, 1.82) is 0 Å². The third kappa shape index (κ3) is 2.28. The molecule has 0 aliphatic carbocycles. The van der Waals surface area contributed by atoms with Crippen LogP contribution in [0.4, 0.5) is 0 Å². The second-order valence-electron chi connectivity index (χ2n) is 5.08. The molecule has 1 aromatic carbocycles. The van der Waals surface area contributed by atoms with E-state index >= 15 is 0 Å². The number of carbonyl (C=O) groups is 1. The summed E-state index contributed by atoms with van der Waals surface area (Å²) < 4.78 is 5.00. The molecule has 88 valence electrons. The van der Waals surface area contributed by atoms with Crippen LogP contribution in [0.2, 0.25) is 0 Å². The van der Waals surface area contributed by atoms with Gasteiger partial charge in [-0.15, -0.1) is 0 Å². The molecule has 0 unspecified atom stereocenters. The zero-order chi connectivity index (χ0) is 12.6. The molecule has 0 saturated heterocycles. The van der Waals surface area contributed by atoms with Crippen LogP contribution in [-0.2, 0) is 14.9 Å². The lowest BCUT2D eigenvalue weighted by Crippen LogP contribution is -2.11. The summed E-state index contributed by atoms with van der Waals surface area (Å²) in [6.07, 6.45) is 0. The zero-order valence-corrected chi connectivity index (χ0v) is 10.3. The Morgan fingerprint density at radius 1 is 1.18 bits per heavy atom.